The summed E-state index contributed by atoms with van der Waals surface area (Å²) in [5.74, 6) is 0.0290. The lowest BCUT2D eigenvalue weighted by Gasteiger charge is -2.17. The van der Waals surface area contributed by atoms with Gasteiger partial charge in [0.15, 0.2) is 22.7 Å². The fourth-order valence-electron chi connectivity index (χ4n) is 4.48. The van der Waals surface area contributed by atoms with Crippen molar-refractivity contribution in [2.45, 2.75) is 26.9 Å². The van der Waals surface area contributed by atoms with Crippen LogP contribution in [0, 0.1) is 0 Å². The minimum absolute atomic E-state index is 0.117. The number of carboxylic acids is 1. The second-order valence-corrected chi connectivity index (χ2v) is 9.62. The van der Waals surface area contributed by atoms with E-state index in [-0.39, 0.29) is 24.3 Å². The molecular weight excluding hydrogens is 588 g/mol. The first-order chi connectivity index (χ1) is 21.5. The molecule has 0 unspecified atom stereocenters. The van der Waals surface area contributed by atoms with Gasteiger partial charge in [0.2, 0.25) is 5.75 Å². The van der Waals surface area contributed by atoms with Crippen LogP contribution in [-0.2, 0) is 31.9 Å². The quantitative estimate of drug-likeness (QED) is 0.227. The summed E-state index contributed by atoms with van der Waals surface area (Å²) in [4.78, 5) is 59.3. The van der Waals surface area contributed by atoms with Gasteiger partial charge in [-0.05, 0) is 37.4 Å². The molecule has 0 aliphatic heterocycles. The number of fused-ring (bicyclic) bond motifs is 1. The third-order valence-corrected chi connectivity index (χ3v) is 7.07. The lowest BCUT2D eigenvalue weighted by atomic mass is 10.2. The molecule has 0 saturated heterocycles. The molecule has 242 valence electrons. The third-order valence-electron chi connectivity index (χ3n) is 7.07. The Balaban J connectivity index is 0.000000525. The number of carboxylic acid groups (broad SMARTS) is 1. The van der Waals surface area contributed by atoms with E-state index in [2.05, 4.69) is 14.9 Å². The number of esters is 1. The molecule has 3 aromatic heterocycles. The van der Waals surface area contributed by atoms with Crippen molar-refractivity contribution in [3.63, 3.8) is 0 Å². The largest absolute Gasteiger partial charge is 0.493 e. The Hall–Kier alpha value is -5.18. The Kier molecular flexibility index (Phi) is 11.8. The van der Waals surface area contributed by atoms with E-state index < -0.39 is 23.2 Å². The second-order valence-electron chi connectivity index (χ2n) is 9.62. The smallest absolute Gasteiger partial charge is 0.338 e. The van der Waals surface area contributed by atoms with Gasteiger partial charge < -0.3 is 28.6 Å². The molecule has 0 fully saturated rings. The van der Waals surface area contributed by atoms with E-state index >= 15 is 0 Å². The van der Waals surface area contributed by atoms with E-state index in [1.807, 2.05) is 13.8 Å². The number of methoxy groups -OCH3 is 3. The van der Waals surface area contributed by atoms with Crippen molar-refractivity contribution < 1.29 is 33.6 Å². The summed E-state index contributed by atoms with van der Waals surface area (Å²) >= 11 is 0. The number of hydrogen-bond acceptors (Lipinski definition) is 11. The first kappa shape index (κ1) is 34.3. The predicted molar refractivity (Wildman–Crippen MR) is 164 cm³/mol. The number of carbonyl (C=O) groups is 2. The van der Waals surface area contributed by atoms with Crippen LogP contribution in [0.2, 0.25) is 0 Å². The predicted octanol–water partition coefficient (Wildman–Crippen LogP) is 1.94. The van der Waals surface area contributed by atoms with Gasteiger partial charge in [0.1, 0.15) is 12.4 Å². The van der Waals surface area contributed by atoms with Crippen LogP contribution >= 0.6 is 0 Å². The van der Waals surface area contributed by atoms with Crippen molar-refractivity contribution in [3.05, 3.63) is 74.4 Å². The number of ether oxygens (including phenoxy) is 4. The maximum atomic E-state index is 13.2. The highest BCUT2D eigenvalue weighted by Crippen LogP contribution is 2.38. The first-order valence-corrected chi connectivity index (χ1v) is 14.0. The van der Waals surface area contributed by atoms with Crippen molar-refractivity contribution in [3.8, 4) is 17.2 Å². The number of carbonyl (C=O) groups excluding carboxylic acids is 1. The highest BCUT2D eigenvalue weighted by molar-refractivity contribution is 5.91. The fourth-order valence-corrected chi connectivity index (χ4v) is 4.48. The highest BCUT2D eigenvalue weighted by atomic mass is 16.5. The van der Waals surface area contributed by atoms with Gasteiger partial charge >= 0.3 is 17.6 Å². The third kappa shape index (κ3) is 7.67. The Bertz CT molecular complexity index is 1730. The van der Waals surface area contributed by atoms with Crippen LogP contribution in [0.4, 0.5) is 0 Å². The number of imidazole rings is 1. The Labute approximate surface area is 259 Å². The van der Waals surface area contributed by atoms with Gasteiger partial charge in [0.05, 0.1) is 45.5 Å². The normalized spacial score (nSPS) is 10.8. The lowest BCUT2D eigenvalue weighted by molar-refractivity contribution is 0.0487. The Morgan fingerprint density at radius 3 is 2.09 bits per heavy atom. The van der Waals surface area contributed by atoms with Crippen molar-refractivity contribution in [1.29, 1.82) is 0 Å². The molecule has 15 heteroatoms. The van der Waals surface area contributed by atoms with Crippen molar-refractivity contribution in [2.24, 2.45) is 14.1 Å². The molecule has 0 saturated carbocycles. The molecule has 0 radical (unpaired) electrons. The zero-order valence-corrected chi connectivity index (χ0v) is 26.4. The molecular formula is C30H38N6O9. The van der Waals surface area contributed by atoms with Crippen LogP contribution in [0.1, 0.15) is 40.4 Å². The zero-order chi connectivity index (χ0) is 33.3. The standard InChI is InChI=1S/C24H33N5O7.C6H5NO2/c1-8-28(9-2)14-18-25-21-19(26(18)3)22(30)29(24(32)27(21)4)10-11-36-23(31)15-12-16(33-5)20(35-7)17(13-15)34-6;8-6(9)5-2-1-3-7-4-5/h12-13H,8-11,14H2,1-7H3;1-4H,(H,8,9). The summed E-state index contributed by atoms with van der Waals surface area (Å²) in [5, 5.41) is 8.34. The minimum atomic E-state index is -0.942. The van der Waals surface area contributed by atoms with E-state index in [1.165, 1.54) is 56.5 Å². The topological polar surface area (TPSA) is 169 Å². The summed E-state index contributed by atoms with van der Waals surface area (Å²) in [6.07, 6.45) is 2.84. The monoisotopic (exact) mass is 626 g/mol. The van der Waals surface area contributed by atoms with Crippen LogP contribution in [0.25, 0.3) is 11.2 Å². The molecule has 0 spiro atoms. The van der Waals surface area contributed by atoms with Gasteiger partial charge in [-0.2, -0.15) is 0 Å². The number of aromatic nitrogens is 5. The number of benzene rings is 1. The van der Waals surface area contributed by atoms with E-state index in [0.717, 1.165) is 17.7 Å². The highest BCUT2D eigenvalue weighted by Gasteiger charge is 2.21. The van der Waals surface area contributed by atoms with Gasteiger partial charge in [-0.15, -0.1) is 0 Å². The summed E-state index contributed by atoms with van der Waals surface area (Å²) < 4.78 is 25.3. The van der Waals surface area contributed by atoms with Crippen molar-refractivity contribution >= 4 is 23.1 Å². The second kappa shape index (κ2) is 15.5. The Morgan fingerprint density at radius 2 is 1.60 bits per heavy atom. The maximum absolute atomic E-state index is 13.2. The molecule has 0 atom stereocenters. The number of aryl methyl sites for hydroxylation is 2. The molecule has 1 N–H and O–H groups in total. The maximum Gasteiger partial charge on any atom is 0.338 e. The van der Waals surface area contributed by atoms with Gasteiger partial charge in [0, 0.05) is 26.5 Å². The van der Waals surface area contributed by atoms with Crippen LogP contribution in [0.5, 0.6) is 17.2 Å². The Morgan fingerprint density at radius 1 is 0.956 bits per heavy atom. The molecule has 4 rings (SSSR count). The molecule has 0 aliphatic rings. The van der Waals surface area contributed by atoms with E-state index in [1.54, 1.807) is 24.7 Å². The van der Waals surface area contributed by atoms with E-state index in [4.69, 9.17) is 24.1 Å². The number of pyridine rings is 1. The van der Waals surface area contributed by atoms with Crippen molar-refractivity contribution in [1.82, 2.24) is 28.6 Å². The SMILES string of the molecule is CCN(CC)Cc1nc2c(c(=O)n(CCOC(=O)c3cc(OC)c(OC)c(OC)c3)c(=O)n2C)n1C.O=C(O)c1cccnc1. The first-order valence-electron chi connectivity index (χ1n) is 14.0. The van der Waals surface area contributed by atoms with Gasteiger partial charge in [0.25, 0.3) is 5.56 Å². The number of hydrogen-bond donors (Lipinski definition) is 1. The molecule has 0 bridgehead atoms. The van der Waals surface area contributed by atoms with E-state index in [0.29, 0.717) is 40.8 Å². The van der Waals surface area contributed by atoms with Crippen molar-refractivity contribution in [2.75, 3.05) is 41.0 Å². The molecule has 0 aliphatic carbocycles. The van der Waals surface area contributed by atoms with Crippen LogP contribution in [0.3, 0.4) is 0 Å². The number of nitrogens with zero attached hydrogens (tertiary/aromatic N) is 6. The average molecular weight is 627 g/mol. The van der Waals surface area contributed by atoms with Crippen LogP contribution in [0.15, 0.2) is 46.2 Å². The zero-order valence-electron chi connectivity index (χ0n) is 26.4. The van der Waals surface area contributed by atoms with E-state index in [9.17, 15) is 19.2 Å². The molecule has 45 heavy (non-hydrogen) atoms. The molecule has 3 heterocycles. The summed E-state index contributed by atoms with van der Waals surface area (Å²) in [6, 6.07) is 6.01. The molecule has 15 nitrogen and oxygen atoms in total. The van der Waals surface area contributed by atoms with Crippen LogP contribution < -0.4 is 25.5 Å². The van der Waals surface area contributed by atoms with Gasteiger partial charge in [-0.1, -0.05) is 13.8 Å². The number of rotatable bonds is 12. The summed E-state index contributed by atoms with van der Waals surface area (Å²) in [7, 11) is 7.67. The summed E-state index contributed by atoms with van der Waals surface area (Å²) in [6.45, 7) is 6.01. The lowest BCUT2D eigenvalue weighted by Crippen LogP contribution is -2.40. The molecule has 4 aromatic rings. The van der Waals surface area contributed by atoms with Gasteiger partial charge in [-0.3, -0.25) is 23.8 Å². The summed E-state index contributed by atoms with van der Waals surface area (Å²) in [5.41, 5.74) is 0.00229. The average Bonchev–Trinajstić information content (AvgIpc) is 3.39. The molecule has 1 aromatic carbocycles. The number of aromatic carboxylic acids is 1. The molecule has 0 amide bonds. The minimum Gasteiger partial charge on any atom is -0.493 e. The van der Waals surface area contributed by atoms with Gasteiger partial charge in [-0.25, -0.2) is 19.4 Å². The van der Waals surface area contributed by atoms with Crippen LogP contribution in [-0.4, -0.2) is 86.6 Å². The fraction of sp³-hybridized carbons (Fsp3) is 0.400.